The smallest absolute Gasteiger partial charge is 0.128 e. The van der Waals surface area contributed by atoms with E-state index in [1.165, 1.54) is 0 Å². The van der Waals surface area contributed by atoms with Crippen LogP contribution in [-0.2, 0) is 0 Å². The van der Waals surface area contributed by atoms with Crippen molar-refractivity contribution in [3.8, 4) is 6.07 Å². The van der Waals surface area contributed by atoms with E-state index in [0.29, 0.717) is 13.0 Å². The molecule has 1 aromatic heterocycles. The number of nitrogens with zero attached hydrogens (tertiary/aromatic N) is 3. The first-order valence-electron chi connectivity index (χ1n) is 5.05. The van der Waals surface area contributed by atoms with E-state index in [-0.39, 0.29) is 5.92 Å². The van der Waals surface area contributed by atoms with Gasteiger partial charge in [-0.15, -0.1) is 0 Å². The first-order chi connectivity index (χ1) is 7.31. The minimum absolute atomic E-state index is 0.305. The normalized spacial score (nSPS) is 26.0. The average Bonchev–Trinajstić information content (AvgIpc) is 2.31. The van der Waals surface area contributed by atoms with Crippen LogP contribution in [0.1, 0.15) is 6.42 Å². The van der Waals surface area contributed by atoms with Crippen molar-refractivity contribution in [1.29, 1.82) is 5.26 Å². The molecule has 1 aromatic rings. The van der Waals surface area contributed by atoms with Crippen LogP contribution in [0, 0.1) is 17.2 Å². The molecule has 0 saturated carbocycles. The summed E-state index contributed by atoms with van der Waals surface area (Å²) >= 11 is 0. The van der Waals surface area contributed by atoms with Gasteiger partial charge < -0.3 is 10.0 Å². The van der Waals surface area contributed by atoms with Crippen molar-refractivity contribution in [3.05, 3.63) is 24.4 Å². The van der Waals surface area contributed by atoms with E-state index in [0.717, 1.165) is 12.4 Å². The Morgan fingerprint density at radius 3 is 3.07 bits per heavy atom. The van der Waals surface area contributed by atoms with Crippen LogP contribution in [-0.4, -0.2) is 29.3 Å². The van der Waals surface area contributed by atoms with Crippen molar-refractivity contribution in [2.45, 2.75) is 12.5 Å². The van der Waals surface area contributed by atoms with Gasteiger partial charge in [-0.25, -0.2) is 4.98 Å². The molecule has 0 aromatic carbocycles. The summed E-state index contributed by atoms with van der Waals surface area (Å²) in [6.07, 6.45) is 1.88. The average molecular weight is 203 g/mol. The second kappa shape index (κ2) is 4.28. The Hall–Kier alpha value is -1.60. The van der Waals surface area contributed by atoms with E-state index in [9.17, 15) is 5.11 Å². The van der Waals surface area contributed by atoms with Crippen LogP contribution in [0.2, 0.25) is 0 Å². The van der Waals surface area contributed by atoms with E-state index < -0.39 is 6.10 Å². The Labute approximate surface area is 88.8 Å². The highest BCUT2D eigenvalue weighted by Crippen LogP contribution is 2.20. The van der Waals surface area contributed by atoms with Crippen LogP contribution in [0.25, 0.3) is 0 Å². The molecule has 1 N–H and O–H groups in total. The fraction of sp³-hybridized carbons (Fsp3) is 0.455. The molecular weight excluding hydrogens is 190 g/mol. The molecule has 2 rings (SSSR count). The molecular formula is C11H13N3O. The van der Waals surface area contributed by atoms with Crippen molar-refractivity contribution in [3.63, 3.8) is 0 Å². The lowest BCUT2D eigenvalue weighted by Gasteiger charge is -2.33. The lowest BCUT2D eigenvalue weighted by atomic mass is 9.96. The summed E-state index contributed by atoms with van der Waals surface area (Å²) in [4.78, 5) is 6.27. The molecule has 1 aliphatic heterocycles. The number of aromatic nitrogens is 1. The fourth-order valence-electron chi connectivity index (χ4n) is 1.82. The summed E-state index contributed by atoms with van der Waals surface area (Å²) in [5.74, 6) is 0.574. The molecule has 0 aliphatic carbocycles. The molecule has 0 amide bonds. The number of aliphatic hydroxyl groups is 1. The molecule has 2 heterocycles. The number of hydrogen-bond acceptors (Lipinski definition) is 4. The van der Waals surface area contributed by atoms with E-state index >= 15 is 0 Å². The van der Waals surface area contributed by atoms with Gasteiger partial charge >= 0.3 is 0 Å². The number of aliphatic hydroxyl groups excluding tert-OH is 1. The largest absolute Gasteiger partial charge is 0.392 e. The van der Waals surface area contributed by atoms with Crippen molar-refractivity contribution in [1.82, 2.24) is 4.98 Å². The quantitative estimate of drug-likeness (QED) is 0.733. The molecule has 0 radical (unpaired) electrons. The molecule has 1 aliphatic rings. The number of rotatable bonds is 1. The van der Waals surface area contributed by atoms with Crippen LogP contribution in [0.5, 0.6) is 0 Å². The van der Waals surface area contributed by atoms with Gasteiger partial charge in [0.25, 0.3) is 0 Å². The maximum atomic E-state index is 9.56. The Morgan fingerprint density at radius 2 is 2.40 bits per heavy atom. The lowest BCUT2D eigenvalue weighted by Crippen LogP contribution is -2.42. The van der Waals surface area contributed by atoms with Crippen LogP contribution < -0.4 is 4.90 Å². The molecule has 15 heavy (non-hydrogen) atoms. The number of nitriles is 1. The van der Waals surface area contributed by atoms with Gasteiger partial charge in [0.2, 0.25) is 0 Å². The topological polar surface area (TPSA) is 60.2 Å². The van der Waals surface area contributed by atoms with E-state index in [1.54, 1.807) is 6.20 Å². The first kappa shape index (κ1) is 9.94. The van der Waals surface area contributed by atoms with Crippen molar-refractivity contribution in [2.24, 2.45) is 5.92 Å². The van der Waals surface area contributed by atoms with Crippen LogP contribution >= 0.6 is 0 Å². The Bertz CT molecular complexity index is 360. The third-order valence-electron chi connectivity index (χ3n) is 2.72. The third kappa shape index (κ3) is 2.08. The minimum Gasteiger partial charge on any atom is -0.392 e. The van der Waals surface area contributed by atoms with Gasteiger partial charge in [0.05, 0.1) is 18.1 Å². The Kier molecular flexibility index (Phi) is 2.84. The standard InChI is InChI=1S/C11H13N3O/c12-7-9-8-14(6-4-10(9)15)11-3-1-2-5-13-11/h1-3,5,9-10,15H,4,6,8H2. The molecule has 2 atom stereocenters. The van der Waals surface area contributed by atoms with Crippen LogP contribution in [0.15, 0.2) is 24.4 Å². The predicted octanol–water partition coefficient (Wildman–Crippen LogP) is 0.792. The summed E-state index contributed by atoms with van der Waals surface area (Å²) in [5.41, 5.74) is 0. The van der Waals surface area contributed by atoms with Gasteiger partial charge in [-0.1, -0.05) is 6.07 Å². The predicted molar refractivity (Wildman–Crippen MR) is 56.2 cm³/mol. The maximum Gasteiger partial charge on any atom is 0.128 e. The summed E-state index contributed by atoms with van der Waals surface area (Å²) in [5, 5.41) is 18.4. The molecule has 1 fully saturated rings. The number of pyridine rings is 1. The Morgan fingerprint density at radius 1 is 1.53 bits per heavy atom. The van der Waals surface area contributed by atoms with Crippen molar-refractivity contribution >= 4 is 5.82 Å². The highest BCUT2D eigenvalue weighted by molar-refractivity contribution is 5.38. The Balaban J connectivity index is 2.10. The maximum absolute atomic E-state index is 9.56. The van der Waals surface area contributed by atoms with E-state index in [2.05, 4.69) is 11.1 Å². The summed E-state index contributed by atoms with van der Waals surface area (Å²) in [6, 6.07) is 7.85. The fourth-order valence-corrected chi connectivity index (χ4v) is 1.82. The highest BCUT2D eigenvalue weighted by Gasteiger charge is 2.27. The zero-order valence-corrected chi connectivity index (χ0v) is 8.37. The number of hydrogen-bond donors (Lipinski definition) is 1. The minimum atomic E-state index is -0.491. The monoisotopic (exact) mass is 203 g/mol. The summed E-state index contributed by atoms with van der Waals surface area (Å²) in [7, 11) is 0. The first-order valence-corrected chi connectivity index (χ1v) is 5.05. The van der Waals surface area contributed by atoms with Gasteiger partial charge in [0.15, 0.2) is 0 Å². The zero-order chi connectivity index (χ0) is 10.7. The van der Waals surface area contributed by atoms with Gasteiger partial charge in [0, 0.05) is 19.3 Å². The summed E-state index contributed by atoms with van der Waals surface area (Å²) in [6.45, 7) is 1.32. The molecule has 4 heteroatoms. The van der Waals surface area contributed by atoms with Crippen LogP contribution in [0.4, 0.5) is 5.82 Å². The second-order valence-corrected chi connectivity index (χ2v) is 3.73. The molecule has 1 saturated heterocycles. The van der Waals surface area contributed by atoms with Crippen molar-refractivity contribution in [2.75, 3.05) is 18.0 Å². The molecule has 2 unspecified atom stereocenters. The van der Waals surface area contributed by atoms with Gasteiger partial charge in [0.1, 0.15) is 5.82 Å². The van der Waals surface area contributed by atoms with E-state index in [1.807, 2.05) is 23.1 Å². The summed E-state index contributed by atoms with van der Waals surface area (Å²) < 4.78 is 0. The zero-order valence-electron chi connectivity index (χ0n) is 8.37. The van der Waals surface area contributed by atoms with E-state index in [4.69, 9.17) is 5.26 Å². The molecule has 0 bridgehead atoms. The number of anilines is 1. The van der Waals surface area contributed by atoms with Gasteiger partial charge in [-0.05, 0) is 18.6 Å². The second-order valence-electron chi connectivity index (χ2n) is 3.73. The molecule has 4 nitrogen and oxygen atoms in total. The number of piperidine rings is 1. The molecule has 78 valence electrons. The highest BCUT2D eigenvalue weighted by atomic mass is 16.3. The molecule has 0 spiro atoms. The van der Waals surface area contributed by atoms with Gasteiger partial charge in [-0.3, -0.25) is 0 Å². The van der Waals surface area contributed by atoms with Crippen LogP contribution in [0.3, 0.4) is 0 Å². The third-order valence-corrected chi connectivity index (χ3v) is 2.72. The SMILES string of the molecule is N#CC1CN(c2ccccn2)CCC1O. The van der Waals surface area contributed by atoms with Crippen molar-refractivity contribution < 1.29 is 5.11 Å². The lowest BCUT2D eigenvalue weighted by molar-refractivity contribution is 0.113. The van der Waals surface area contributed by atoms with Gasteiger partial charge in [-0.2, -0.15) is 5.26 Å².